The van der Waals surface area contributed by atoms with E-state index in [0.29, 0.717) is 36.2 Å². The lowest BCUT2D eigenvalue weighted by atomic mass is 10.2. The van der Waals surface area contributed by atoms with E-state index in [1.807, 2.05) is 0 Å². The van der Waals surface area contributed by atoms with Crippen LogP contribution in [0, 0.1) is 17.5 Å². The topological polar surface area (TPSA) is 123 Å². The highest BCUT2D eigenvalue weighted by Crippen LogP contribution is 2.29. The molecule has 0 radical (unpaired) electrons. The second kappa shape index (κ2) is 11.3. The first kappa shape index (κ1) is 24.7. The van der Waals surface area contributed by atoms with Crippen LogP contribution in [0.15, 0.2) is 48.6 Å². The van der Waals surface area contributed by atoms with Crippen molar-refractivity contribution in [3.8, 4) is 11.6 Å². The van der Waals surface area contributed by atoms with E-state index >= 15 is 0 Å². The van der Waals surface area contributed by atoms with Crippen LogP contribution in [0.2, 0.25) is 0 Å². The Hall–Kier alpha value is -3.90. The van der Waals surface area contributed by atoms with Gasteiger partial charge in [0.25, 0.3) is 0 Å². The average molecular weight is 479 g/mol. The van der Waals surface area contributed by atoms with E-state index in [9.17, 15) is 22.8 Å². The molecule has 1 aliphatic rings. The van der Waals surface area contributed by atoms with Gasteiger partial charge in [0, 0.05) is 31.3 Å². The number of carboxylic acid groups (broad SMARTS) is 2. The van der Waals surface area contributed by atoms with Crippen molar-refractivity contribution in [2.75, 3.05) is 26.3 Å². The van der Waals surface area contributed by atoms with Crippen LogP contribution in [0.3, 0.4) is 0 Å². The summed E-state index contributed by atoms with van der Waals surface area (Å²) in [6, 6.07) is 7.01. The second-order valence-corrected chi connectivity index (χ2v) is 6.99. The number of rotatable bonds is 6. The standard InChI is InChI=1S/C18H16F3N3O2.C4H4O4/c19-11-2-4-16-14(7-11)18(26-10-13-9-22-5-6-25-13)23-24(16)17-8-12(20)1-3-15(17)21;5-3(6)1-2-4(7)8/h1-4,7-8,13,22H,5-6,9-10H2;1-2H,(H,5,6)(H,7,8)/b;2-1-/t13-;/m0./s1. The summed E-state index contributed by atoms with van der Waals surface area (Å²) in [5, 5.41) is 23.4. The van der Waals surface area contributed by atoms with Crippen molar-refractivity contribution >= 4 is 22.8 Å². The maximum atomic E-state index is 14.2. The largest absolute Gasteiger partial charge is 0.478 e. The third-order valence-corrected chi connectivity index (χ3v) is 4.52. The summed E-state index contributed by atoms with van der Waals surface area (Å²) in [6.07, 6.45) is 0.952. The molecule has 34 heavy (non-hydrogen) atoms. The number of aliphatic carboxylic acids is 2. The molecule has 1 fully saturated rings. The number of nitrogens with one attached hydrogen (secondary N) is 1. The minimum Gasteiger partial charge on any atom is -0.478 e. The Kier molecular flexibility index (Phi) is 8.22. The minimum absolute atomic E-state index is 0.0768. The number of halogens is 3. The number of fused-ring (bicyclic) bond motifs is 1. The molecule has 1 aromatic heterocycles. The van der Waals surface area contributed by atoms with Gasteiger partial charge < -0.3 is 25.0 Å². The van der Waals surface area contributed by atoms with Crippen LogP contribution in [-0.4, -0.2) is 64.3 Å². The number of aromatic nitrogens is 2. The van der Waals surface area contributed by atoms with Gasteiger partial charge in [-0.05, 0) is 30.3 Å². The minimum atomic E-state index is -1.26. The highest BCUT2D eigenvalue weighted by molar-refractivity contribution is 5.89. The maximum Gasteiger partial charge on any atom is 0.328 e. The number of hydrogen-bond donors (Lipinski definition) is 3. The Labute approximate surface area is 191 Å². The molecule has 3 aromatic rings. The number of carbonyl (C=O) groups is 2. The highest BCUT2D eigenvalue weighted by Gasteiger charge is 2.19. The van der Waals surface area contributed by atoms with Gasteiger partial charge in [0.05, 0.1) is 17.5 Å². The summed E-state index contributed by atoms with van der Waals surface area (Å²) >= 11 is 0. The first-order chi connectivity index (χ1) is 16.2. The van der Waals surface area contributed by atoms with Gasteiger partial charge in [0.15, 0.2) is 0 Å². The predicted octanol–water partition coefficient (Wildman–Crippen LogP) is 2.52. The third-order valence-electron chi connectivity index (χ3n) is 4.52. The molecule has 0 bridgehead atoms. The molecule has 180 valence electrons. The van der Waals surface area contributed by atoms with Gasteiger partial charge in [-0.1, -0.05) is 0 Å². The van der Waals surface area contributed by atoms with E-state index in [2.05, 4.69) is 10.4 Å². The van der Waals surface area contributed by atoms with Crippen LogP contribution < -0.4 is 10.1 Å². The monoisotopic (exact) mass is 479 g/mol. The Balaban J connectivity index is 0.000000350. The fourth-order valence-corrected chi connectivity index (χ4v) is 3.04. The Morgan fingerprint density at radius 1 is 1.12 bits per heavy atom. The lowest BCUT2D eigenvalue weighted by Crippen LogP contribution is -2.41. The molecule has 0 amide bonds. The van der Waals surface area contributed by atoms with Crippen LogP contribution in [0.1, 0.15) is 0 Å². The average Bonchev–Trinajstić information content (AvgIpc) is 3.16. The highest BCUT2D eigenvalue weighted by atomic mass is 19.1. The van der Waals surface area contributed by atoms with E-state index in [4.69, 9.17) is 19.7 Å². The van der Waals surface area contributed by atoms with E-state index < -0.39 is 29.4 Å². The summed E-state index contributed by atoms with van der Waals surface area (Å²) in [5.74, 6) is -4.10. The van der Waals surface area contributed by atoms with Crippen molar-refractivity contribution in [1.29, 1.82) is 0 Å². The normalized spacial score (nSPS) is 15.7. The molecule has 1 atom stereocenters. The lowest BCUT2D eigenvalue weighted by Gasteiger charge is -2.23. The van der Waals surface area contributed by atoms with E-state index in [1.165, 1.54) is 22.9 Å². The number of ether oxygens (including phenoxy) is 2. The number of hydrogen-bond acceptors (Lipinski definition) is 6. The van der Waals surface area contributed by atoms with E-state index in [-0.39, 0.29) is 24.3 Å². The fraction of sp³-hybridized carbons (Fsp3) is 0.227. The van der Waals surface area contributed by atoms with Gasteiger partial charge in [-0.3, -0.25) is 0 Å². The molecule has 3 N–H and O–H groups in total. The van der Waals surface area contributed by atoms with E-state index in [1.54, 1.807) is 0 Å². The summed E-state index contributed by atoms with van der Waals surface area (Å²) in [7, 11) is 0. The number of carboxylic acids is 2. The quantitative estimate of drug-likeness (QED) is 0.461. The zero-order valence-electron chi connectivity index (χ0n) is 17.6. The molecule has 2 aromatic carbocycles. The second-order valence-electron chi connectivity index (χ2n) is 6.99. The van der Waals surface area contributed by atoms with Gasteiger partial charge in [-0.25, -0.2) is 27.4 Å². The van der Waals surface area contributed by atoms with Gasteiger partial charge in [-0.2, -0.15) is 0 Å². The molecule has 1 aliphatic heterocycles. The fourth-order valence-electron chi connectivity index (χ4n) is 3.04. The first-order valence-electron chi connectivity index (χ1n) is 9.97. The third kappa shape index (κ3) is 6.56. The lowest BCUT2D eigenvalue weighted by molar-refractivity contribution is -0.134. The number of nitrogens with zero attached hydrogens (tertiary/aromatic N) is 2. The molecule has 12 heteroatoms. The molecule has 9 nitrogen and oxygen atoms in total. The van der Waals surface area contributed by atoms with Crippen molar-refractivity contribution in [2.24, 2.45) is 0 Å². The van der Waals surface area contributed by atoms with Crippen molar-refractivity contribution in [1.82, 2.24) is 15.1 Å². The van der Waals surface area contributed by atoms with Crippen molar-refractivity contribution in [3.05, 3.63) is 66.0 Å². The molecule has 0 saturated carbocycles. The summed E-state index contributed by atoms with van der Waals surface area (Å²) in [5.41, 5.74) is 0.334. The molecule has 4 rings (SSSR count). The van der Waals surface area contributed by atoms with E-state index in [0.717, 1.165) is 24.7 Å². The van der Waals surface area contributed by atoms with Gasteiger partial charge >= 0.3 is 11.9 Å². The van der Waals surface area contributed by atoms with Gasteiger partial charge in [0.2, 0.25) is 5.88 Å². The Morgan fingerprint density at radius 2 is 1.79 bits per heavy atom. The van der Waals surface area contributed by atoms with Gasteiger partial charge in [-0.15, -0.1) is 5.10 Å². The van der Waals surface area contributed by atoms with Crippen LogP contribution in [0.4, 0.5) is 13.2 Å². The van der Waals surface area contributed by atoms with Crippen molar-refractivity contribution in [3.63, 3.8) is 0 Å². The van der Waals surface area contributed by atoms with Crippen molar-refractivity contribution < 1.29 is 42.4 Å². The van der Waals surface area contributed by atoms with Crippen LogP contribution >= 0.6 is 0 Å². The zero-order valence-corrected chi connectivity index (χ0v) is 17.6. The summed E-state index contributed by atoms with van der Waals surface area (Å²) in [4.78, 5) is 19.1. The predicted molar refractivity (Wildman–Crippen MR) is 113 cm³/mol. The molecular formula is C22H20F3N3O6. The zero-order chi connectivity index (χ0) is 24.7. The molecule has 0 unspecified atom stereocenters. The van der Waals surface area contributed by atoms with Gasteiger partial charge in [0.1, 0.15) is 35.8 Å². The van der Waals surface area contributed by atoms with Crippen LogP contribution in [-0.2, 0) is 14.3 Å². The van der Waals surface area contributed by atoms with Crippen LogP contribution in [0.25, 0.3) is 16.6 Å². The Morgan fingerprint density at radius 3 is 2.44 bits per heavy atom. The van der Waals surface area contributed by atoms with Crippen LogP contribution in [0.5, 0.6) is 5.88 Å². The summed E-state index contributed by atoms with van der Waals surface area (Å²) in [6.45, 7) is 2.19. The molecule has 0 aliphatic carbocycles. The number of benzene rings is 2. The first-order valence-corrected chi connectivity index (χ1v) is 9.97. The smallest absolute Gasteiger partial charge is 0.328 e. The number of morpholine rings is 1. The molecular weight excluding hydrogens is 459 g/mol. The Bertz CT molecular complexity index is 1190. The maximum absolute atomic E-state index is 14.2. The molecule has 0 spiro atoms. The molecule has 1 saturated heterocycles. The summed E-state index contributed by atoms with van der Waals surface area (Å²) < 4.78 is 53.9. The molecule has 2 heterocycles. The SMILES string of the molecule is Fc1ccc(F)c(-n2nc(OC[C@@H]3CNCCO3)c3cc(F)ccc32)c1.O=C(O)/C=C\C(=O)O. The van der Waals surface area contributed by atoms with Crippen molar-refractivity contribution in [2.45, 2.75) is 6.10 Å².